The maximum absolute atomic E-state index is 8.52. The summed E-state index contributed by atoms with van der Waals surface area (Å²) in [5, 5.41) is 0. The molecule has 2 radical (unpaired) electrons. The van der Waals surface area contributed by atoms with E-state index in [0.717, 1.165) is 0 Å². The fraction of sp³-hybridized carbons (Fsp3) is 0. The average molecular weight is 445 g/mol. The first-order chi connectivity index (χ1) is 4.00. The van der Waals surface area contributed by atoms with Crippen molar-refractivity contribution in [2.24, 2.45) is 0 Å². The van der Waals surface area contributed by atoms with Crippen LogP contribution in [0.15, 0.2) is 0 Å². The molecule has 0 saturated heterocycles. The number of rotatable bonds is 0. The summed E-state index contributed by atoms with van der Waals surface area (Å²) in [4.78, 5) is 0. The van der Waals surface area contributed by atoms with Crippen LogP contribution in [0.5, 0.6) is 0 Å². The molecule has 66 valence electrons. The van der Waals surface area contributed by atoms with Crippen molar-refractivity contribution in [3.63, 3.8) is 0 Å². The van der Waals surface area contributed by atoms with Gasteiger partial charge in [0.25, 0.3) is 0 Å². The smallest absolute Gasteiger partial charge is 0.759 e. The first-order valence-electron chi connectivity index (χ1n) is 1.33. The second-order valence-corrected chi connectivity index (χ2v) is 2.45. The van der Waals surface area contributed by atoms with Crippen LogP contribution in [0, 0.1) is 0 Å². The van der Waals surface area contributed by atoms with E-state index in [4.69, 9.17) is 35.0 Å². The monoisotopic (exact) mass is 446 g/mol. The van der Waals surface area contributed by atoms with E-state index in [9.17, 15) is 0 Å². The molecule has 0 saturated carbocycles. The van der Waals surface area contributed by atoms with Crippen LogP contribution in [0.3, 0.4) is 0 Å². The Morgan fingerprint density at radius 2 is 0.615 bits per heavy atom. The molecule has 0 aromatic rings. The molecule has 0 aliphatic rings. The Labute approximate surface area is 140 Å². The molecule has 0 atom stereocenters. The van der Waals surface area contributed by atoms with Crippen molar-refractivity contribution in [3.05, 3.63) is 0 Å². The molecule has 0 bridgehead atoms. The van der Waals surface area contributed by atoms with Crippen molar-refractivity contribution >= 4 is 48.1 Å². The Hall–Kier alpha value is 2.66. The van der Waals surface area contributed by atoms with E-state index < -0.39 is 20.8 Å². The van der Waals surface area contributed by atoms with Crippen molar-refractivity contribution in [1.82, 2.24) is 0 Å². The summed E-state index contributed by atoms with van der Waals surface area (Å²) >= 11 is 0. The molecule has 8 nitrogen and oxygen atoms in total. The number of hydrogen-bond acceptors (Lipinski definition) is 8. The topological polar surface area (TPSA) is 161 Å². The summed E-state index contributed by atoms with van der Waals surface area (Å²) in [5.41, 5.74) is 0. The van der Waals surface area contributed by atoms with E-state index in [0.29, 0.717) is 0 Å². The zero-order valence-electron chi connectivity index (χ0n) is 6.58. The molecule has 0 fully saturated rings. The van der Waals surface area contributed by atoms with Gasteiger partial charge >= 0.3 is 86.4 Å². The van der Waals surface area contributed by atoms with Crippen LogP contribution in [0.4, 0.5) is 0 Å². The molecule has 0 aliphatic heterocycles. The Kier molecular flexibility index (Phi) is 29.0. The van der Waals surface area contributed by atoms with E-state index in [1.165, 1.54) is 0 Å². The molecular weight excluding hydrogens is 445 g/mol. The van der Waals surface area contributed by atoms with Gasteiger partial charge in [-0.2, -0.15) is 0 Å². The molecule has 0 rings (SSSR count). The minimum Gasteiger partial charge on any atom is -0.759 e. The number of hydrogen-bond donors (Lipinski definition) is 0. The predicted molar refractivity (Wildman–Crippen MR) is 26.7 cm³/mol. The molecule has 0 unspecified atom stereocenters. The van der Waals surface area contributed by atoms with Gasteiger partial charge in [0.05, 0.1) is 0 Å². The van der Waals surface area contributed by atoms with Crippen LogP contribution in [-0.4, -0.2) is 62.3 Å². The first-order valence-corrected chi connectivity index (χ1v) is 4.00. The Morgan fingerprint density at radius 1 is 0.615 bits per heavy atom. The van der Waals surface area contributed by atoms with E-state index in [-0.39, 0.29) is 86.4 Å². The summed E-state index contributed by atoms with van der Waals surface area (Å²) in [5.74, 6) is 0. The van der Waals surface area contributed by atoms with Gasteiger partial charge in [-0.25, -0.2) is 0 Å². The summed E-state index contributed by atoms with van der Waals surface area (Å²) < 4.78 is 68.2. The average Bonchev–Trinajstić information content (AvgIpc) is 1.12. The van der Waals surface area contributed by atoms with E-state index in [1.807, 2.05) is 0 Å². The molecule has 0 spiro atoms. The molecule has 0 heterocycles. The van der Waals surface area contributed by atoms with Gasteiger partial charge in [0.1, 0.15) is 0 Å². The van der Waals surface area contributed by atoms with Gasteiger partial charge in [-0.05, 0) is 0 Å². The minimum absolute atomic E-state index is 0. The third-order valence-electron chi connectivity index (χ3n) is 0. The minimum atomic E-state index is -5.17. The molecule has 0 N–H and O–H groups in total. The van der Waals surface area contributed by atoms with Crippen LogP contribution in [0.25, 0.3) is 0 Å². The molecular formula is Na2O8PbS2. The van der Waals surface area contributed by atoms with Crippen LogP contribution >= 0.6 is 0 Å². The Morgan fingerprint density at radius 3 is 0.615 bits per heavy atom. The molecule has 13 heteroatoms. The van der Waals surface area contributed by atoms with E-state index in [1.54, 1.807) is 0 Å². The molecule has 0 aromatic heterocycles. The quantitative estimate of drug-likeness (QED) is 0.202. The third-order valence-corrected chi connectivity index (χ3v) is 0. The van der Waals surface area contributed by atoms with Crippen molar-refractivity contribution in [1.29, 1.82) is 0 Å². The van der Waals surface area contributed by atoms with Crippen molar-refractivity contribution in [2.75, 3.05) is 0 Å². The zero-order valence-corrected chi connectivity index (χ0v) is 16.1. The third kappa shape index (κ3) is 332. The SMILES string of the molecule is O=S(=O)([O-])[O-].O=S(=O)([O-])[O-].[Na+].[Na+].[Pb+2]. The molecule has 0 aromatic carbocycles. The second-order valence-electron chi connectivity index (χ2n) is 0.816. The zero-order chi connectivity index (χ0) is 9.00. The fourth-order valence-corrected chi connectivity index (χ4v) is 0. The van der Waals surface area contributed by atoms with Crippen molar-refractivity contribution in [2.45, 2.75) is 0 Å². The first kappa shape index (κ1) is 29.6. The largest absolute Gasteiger partial charge is 2.00 e. The summed E-state index contributed by atoms with van der Waals surface area (Å²) in [7, 11) is -10.3. The standard InChI is InChI=1S/2Na.2H2O4S.Pb/c;;2*1-5(2,3)4;/h;;2*(H2,1,2,3,4);/q2*+1;;;+2/p-4. The summed E-state index contributed by atoms with van der Waals surface area (Å²) in [6.07, 6.45) is 0. The summed E-state index contributed by atoms with van der Waals surface area (Å²) in [6, 6.07) is 0. The van der Waals surface area contributed by atoms with Gasteiger partial charge < -0.3 is 18.2 Å². The summed E-state index contributed by atoms with van der Waals surface area (Å²) in [6.45, 7) is 0. The normalized spacial score (nSPS) is 8.92. The van der Waals surface area contributed by atoms with E-state index >= 15 is 0 Å². The Balaban J connectivity index is -0.0000000267. The maximum atomic E-state index is 8.52. The van der Waals surface area contributed by atoms with Gasteiger partial charge in [0.2, 0.25) is 0 Å². The molecule has 13 heavy (non-hydrogen) atoms. The van der Waals surface area contributed by atoms with Gasteiger partial charge in [0.15, 0.2) is 0 Å². The fourth-order valence-electron chi connectivity index (χ4n) is 0. The van der Waals surface area contributed by atoms with Gasteiger partial charge in [-0.1, -0.05) is 0 Å². The van der Waals surface area contributed by atoms with Crippen LogP contribution in [-0.2, 0) is 20.8 Å². The second kappa shape index (κ2) is 12.7. The van der Waals surface area contributed by atoms with Crippen LogP contribution in [0.1, 0.15) is 0 Å². The van der Waals surface area contributed by atoms with Gasteiger partial charge in [0, 0.05) is 20.8 Å². The van der Waals surface area contributed by atoms with Crippen molar-refractivity contribution < 1.29 is 94.2 Å². The van der Waals surface area contributed by atoms with Crippen LogP contribution in [0.2, 0.25) is 0 Å². The van der Waals surface area contributed by atoms with Crippen LogP contribution < -0.4 is 59.1 Å². The molecule has 0 amide bonds. The van der Waals surface area contributed by atoms with Crippen molar-refractivity contribution in [3.8, 4) is 0 Å². The van der Waals surface area contributed by atoms with E-state index in [2.05, 4.69) is 0 Å². The Bertz CT molecular complexity index is 217. The van der Waals surface area contributed by atoms with Gasteiger partial charge in [-0.15, -0.1) is 0 Å². The van der Waals surface area contributed by atoms with Gasteiger partial charge in [-0.3, -0.25) is 16.8 Å². The molecule has 0 aliphatic carbocycles. The maximum Gasteiger partial charge on any atom is 2.00 e. The predicted octanol–water partition coefficient (Wildman–Crippen LogP) is -9.05.